The minimum Gasteiger partial charge on any atom is -0.339 e. The van der Waals surface area contributed by atoms with E-state index in [0.29, 0.717) is 0 Å². The standard InChI is InChI=1S/C3H9N2OP/c1-2(4)3(6)5-7/h2H,4,7H2,1H3,(H,5,6). The summed E-state index contributed by atoms with van der Waals surface area (Å²) in [6.07, 6.45) is 0. The number of hydrogen-bond donors (Lipinski definition) is 2. The summed E-state index contributed by atoms with van der Waals surface area (Å²) < 4.78 is 0. The van der Waals surface area contributed by atoms with Crippen LogP contribution in [0.5, 0.6) is 0 Å². The van der Waals surface area contributed by atoms with E-state index in [4.69, 9.17) is 5.73 Å². The van der Waals surface area contributed by atoms with E-state index in [0.717, 1.165) is 0 Å². The van der Waals surface area contributed by atoms with Crippen LogP contribution in [0.3, 0.4) is 0 Å². The third-order valence-electron chi connectivity index (χ3n) is 0.556. The molecular weight excluding hydrogens is 111 g/mol. The smallest absolute Gasteiger partial charge is 0.239 e. The van der Waals surface area contributed by atoms with Gasteiger partial charge in [0.25, 0.3) is 0 Å². The lowest BCUT2D eigenvalue weighted by Gasteiger charge is -1.98. The highest BCUT2D eigenvalue weighted by Gasteiger charge is 2.00. The number of hydrogen-bond acceptors (Lipinski definition) is 2. The van der Waals surface area contributed by atoms with Crippen molar-refractivity contribution < 1.29 is 4.79 Å². The zero-order chi connectivity index (χ0) is 5.86. The average molecular weight is 120 g/mol. The van der Waals surface area contributed by atoms with Crippen molar-refractivity contribution in [3.05, 3.63) is 0 Å². The van der Waals surface area contributed by atoms with Crippen LogP contribution in [-0.2, 0) is 4.79 Å². The van der Waals surface area contributed by atoms with Crippen LogP contribution < -0.4 is 10.8 Å². The summed E-state index contributed by atoms with van der Waals surface area (Å²) >= 11 is 0. The number of amides is 1. The van der Waals surface area contributed by atoms with Gasteiger partial charge in [-0.15, -0.1) is 0 Å². The molecule has 1 amide bonds. The van der Waals surface area contributed by atoms with Crippen LogP contribution in [0.25, 0.3) is 0 Å². The average Bonchev–Trinajstić information content (AvgIpc) is 1.65. The molecule has 0 aliphatic rings. The monoisotopic (exact) mass is 120 g/mol. The Balaban J connectivity index is 3.35. The van der Waals surface area contributed by atoms with Gasteiger partial charge in [-0.1, -0.05) is 0 Å². The predicted molar refractivity (Wildman–Crippen MR) is 31.5 cm³/mol. The van der Waals surface area contributed by atoms with Gasteiger partial charge >= 0.3 is 0 Å². The lowest BCUT2D eigenvalue weighted by atomic mass is 10.4. The maximum atomic E-state index is 10.3. The number of nitrogens with one attached hydrogen (secondary N) is 1. The summed E-state index contributed by atoms with van der Waals surface area (Å²) in [4.78, 5) is 10.3. The molecule has 3 nitrogen and oxygen atoms in total. The normalized spacial score (nSPS) is 13.0. The molecule has 4 heteroatoms. The summed E-state index contributed by atoms with van der Waals surface area (Å²) in [7, 11) is 2.08. The molecule has 0 rings (SSSR count). The van der Waals surface area contributed by atoms with E-state index in [9.17, 15) is 4.79 Å². The lowest BCUT2D eigenvalue weighted by Crippen LogP contribution is -2.33. The Morgan fingerprint density at radius 3 is 2.43 bits per heavy atom. The zero-order valence-corrected chi connectivity index (χ0v) is 5.29. The van der Waals surface area contributed by atoms with Crippen LogP contribution >= 0.6 is 9.39 Å². The molecule has 0 radical (unpaired) electrons. The van der Waals surface area contributed by atoms with Crippen LogP contribution in [0.15, 0.2) is 0 Å². The lowest BCUT2D eigenvalue weighted by molar-refractivity contribution is -0.120. The van der Waals surface area contributed by atoms with Crippen molar-refractivity contribution in [3.8, 4) is 0 Å². The molecule has 0 aliphatic heterocycles. The van der Waals surface area contributed by atoms with Crippen molar-refractivity contribution in [2.75, 3.05) is 0 Å². The van der Waals surface area contributed by atoms with Crippen LogP contribution in [0.1, 0.15) is 6.92 Å². The topological polar surface area (TPSA) is 55.1 Å². The van der Waals surface area contributed by atoms with E-state index < -0.39 is 6.04 Å². The third kappa shape index (κ3) is 2.54. The molecule has 0 bridgehead atoms. The van der Waals surface area contributed by atoms with Gasteiger partial charge in [0.15, 0.2) is 0 Å². The molecule has 0 aromatic rings. The van der Waals surface area contributed by atoms with E-state index in [1.165, 1.54) is 0 Å². The fourth-order valence-corrected chi connectivity index (χ4v) is 0.394. The molecule has 0 fully saturated rings. The molecule has 0 saturated heterocycles. The SMILES string of the molecule is CC(N)C(=O)NP. The minimum absolute atomic E-state index is 0.162. The molecular formula is C3H9N2OP. The molecule has 7 heavy (non-hydrogen) atoms. The first-order valence-corrected chi connectivity index (χ1v) is 2.52. The van der Waals surface area contributed by atoms with Crippen molar-refractivity contribution in [3.63, 3.8) is 0 Å². The van der Waals surface area contributed by atoms with Crippen molar-refractivity contribution in [1.82, 2.24) is 5.09 Å². The highest BCUT2D eigenvalue weighted by atomic mass is 31.0. The first kappa shape index (κ1) is 6.86. The van der Waals surface area contributed by atoms with Crippen LogP contribution in [0.4, 0.5) is 0 Å². The molecule has 0 aromatic heterocycles. The molecule has 0 aromatic carbocycles. The van der Waals surface area contributed by atoms with E-state index in [1.807, 2.05) is 0 Å². The van der Waals surface area contributed by atoms with Crippen LogP contribution in [0.2, 0.25) is 0 Å². The number of carbonyl (C=O) groups is 1. The quantitative estimate of drug-likeness (QED) is 0.447. The maximum Gasteiger partial charge on any atom is 0.239 e. The van der Waals surface area contributed by atoms with Crippen molar-refractivity contribution in [2.24, 2.45) is 5.73 Å². The van der Waals surface area contributed by atoms with Crippen molar-refractivity contribution >= 4 is 15.3 Å². The molecule has 0 aliphatic carbocycles. The Labute approximate surface area is 44.9 Å². The Morgan fingerprint density at radius 2 is 2.43 bits per heavy atom. The Morgan fingerprint density at radius 1 is 2.00 bits per heavy atom. The fourth-order valence-electron chi connectivity index (χ4n) is 0.131. The Bertz CT molecular complexity index is 73.3. The summed E-state index contributed by atoms with van der Waals surface area (Å²) in [6.45, 7) is 1.62. The van der Waals surface area contributed by atoms with Gasteiger partial charge in [-0.25, -0.2) is 0 Å². The van der Waals surface area contributed by atoms with Crippen LogP contribution in [-0.4, -0.2) is 11.9 Å². The van der Waals surface area contributed by atoms with Crippen molar-refractivity contribution in [1.29, 1.82) is 0 Å². The second kappa shape index (κ2) is 2.94. The minimum atomic E-state index is -0.405. The molecule has 2 unspecified atom stereocenters. The number of nitrogens with two attached hydrogens (primary N) is 1. The van der Waals surface area contributed by atoms with Gasteiger partial charge in [0.05, 0.1) is 6.04 Å². The first-order chi connectivity index (χ1) is 3.18. The van der Waals surface area contributed by atoms with E-state index >= 15 is 0 Å². The largest absolute Gasteiger partial charge is 0.339 e. The molecule has 0 heterocycles. The summed E-state index contributed by atoms with van der Waals surface area (Å²) in [6, 6.07) is -0.405. The molecule has 0 spiro atoms. The van der Waals surface area contributed by atoms with Gasteiger partial charge in [0.1, 0.15) is 0 Å². The molecule has 0 saturated carbocycles. The fraction of sp³-hybridized carbons (Fsp3) is 0.667. The molecule has 2 atom stereocenters. The van der Waals surface area contributed by atoms with Gasteiger partial charge in [0, 0.05) is 0 Å². The molecule has 42 valence electrons. The van der Waals surface area contributed by atoms with Crippen LogP contribution in [0, 0.1) is 0 Å². The Kier molecular flexibility index (Phi) is 2.88. The summed E-state index contributed by atoms with van der Waals surface area (Å²) in [5, 5.41) is 2.32. The van der Waals surface area contributed by atoms with E-state index in [2.05, 4.69) is 14.5 Å². The predicted octanol–water partition coefficient (Wildman–Crippen LogP) is -0.760. The Hall–Kier alpha value is -0.140. The van der Waals surface area contributed by atoms with Crippen molar-refractivity contribution in [2.45, 2.75) is 13.0 Å². The zero-order valence-electron chi connectivity index (χ0n) is 4.14. The summed E-state index contributed by atoms with van der Waals surface area (Å²) in [5.74, 6) is -0.162. The van der Waals surface area contributed by atoms with E-state index in [-0.39, 0.29) is 5.91 Å². The van der Waals surface area contributed by atoms with Gasteiger partial charge < -0.3 is 10.8 Å². The van der Waals surface area contributed by atoms with Gasteiger partial charge in [-0.3, -0.25) is 4.79 Å². The number of carbonyl (C=O) groups excluding carboxylic acids is 1. The first-order valence-electron chi connectivity index (χ1n) is 1.94. The second-order valence-corrected chi connectivity index (χ2v) is 1.59. The third-order valence-corrected chi connectivity index (χ3v) is 0.840. The maximum absolute atomic E-state index is 10.3. The van der Waals surface area contributed by atoms with Gasteiger partial charge in [-0.2, -0.15) is 0 Å². The highest BCUT2D eigenvalue weighted by Crippen LogP contribution is 1.76. The second-order valence-electron chi connectivity index (χ2n) is 1.30. The van der Waals surface area contributed by atoms with Gasteiger partial charge in [0.2, 0.25) is 5.91 Å². The summed E-state index contributed by atoms with van der Waals surface area (Å²) in [5.41, 5.74) is 5.12. The number of rotatable bonds is 1. The van der Waals surface area contributed by atoms with E-state index in [1.54, 1.807) is 6.92 Å². The molecule has 3 N–H and O–H groups in total. The highest BCUT2D eigenvalue weighted by molar-refractivity contribution is 7.15. The van der Waals surface area contributed by atoms with Gasteiger partial charge in [-0.05, 0) is 16.3 Å².